The Balaban J connectivity index is 2.18. The van der Waals surface area contributed by atoms with Gasteiger partial charge in [-0.2, -0.15) is 15.0 Å². The van der Waals surface area contributed by atoms with Crippen molar-refractivity contribution in [2.24, 2.45) is 0 Å². The van der Waals surface area contributed by atoms with Crippen molar-refractivity contribution < 1.29 is 0 Å². The minimum atomic E-state index is 0.323. The van der Waals surface area contributed by atoms with Crippen LogP contribution in [0.2, 0.25) is 0 Å². The van der Waals surface area contributed by atoms with E-state index in [1.807, 2.05) is 0 Å². The number of nitrogens with zero attached hydrogens (tertiary/aromatic N) is 4. The minimum absolute atomic E-state index is 0.323. The molecule has 0 aromatic carbocycles. The number of nitrogens with two attached hydrogens (primary N) is 1. The molecule has 1 saturated heterocycles. The van der Waals surface area contributed by atoms with E-state index in [-0.39, 0.29) is 0 Å². The van der Waals surface area contributed by atoms with Gasteiger partial charge in [-0.15, -0.1) is 0 Å². The van der Waals surface area contributed by atoms with Crippen LogP contribution in [0.5, 0.6) is 0 Å². The van der Waals surface area contributed by atoms with Crippen LogP contribution in [0.25, 0.3) is 0 Å². The maximum Gasteiger partial charge on any atom is 0.231 e. The first kappa shape index (κ1) is 12.4. The summed E-state index contributed by atoms with van der Waals surface area (Å²) in [5, 5.41) is 1.18. The number of thioether (sulfide) groups is 1. The van der Waals surface area contributed by atoms with Crippen molar-refractivity contribution in [1.82, 2.24) is 15.0 Å². The van der Waals surface area contributed by atoms with Crippen molar-refractivity contribution in [3.05, 3.63) is 0 Å². The topological polar surface area (TPSA) is 67.9 Å². The number of hydrogen-bond donors (Lipinski definition) is 1. The Morgan fingerprint density at radius 3 is 2.47 bits per heavy atom. The second-order valence-electron chi connectivity index (χ2n) is 4.49. The number of anilines is 2. The maximum absolute atomic E-state index is 5.74. The van der Waals surface area contributed by atoms with E-state index in [1.165, 1.54) is 19.3 Å². The van der Waals surface area contributed by atoms with Gasteiger partial charge >= 0.3 is 0 Å². The summed E-state index contributed by atoms with van der Waals surface area (Å²) in [6.07, 6.45) is 3.71. The predicted molar refractivity (Wildman–Crippen MR) is 71.3 cm³/mol. The van der Waals surface area contributed by atoms with Crippen molar-refractivity contribution in [1.29, 1.82) is 0 Å². The second-order valence-corrected chi connectivity index (χ2v) is 6.03. The Morgan fingerprint density at radius 2 is 1.82 bits per heavy atom. The third-order valence-electron chi connectivity index (χ3n) is 2.60. The van der Waals surface area contributed by atoms with E-state index in [9.17, 15) is 0 Å². The predicted octanol–water partition coefficient (Wildman–Crippen LogP) is 1.94. The van der Waals surface area contributed by atoms with Gasteiger partial charge in [0.05, 0.1) is 0 Å². The van der Waals surface area contributed by atoms with Crippen LogP contribution in [0.3, 0.4) is 0 Å². The molecular weight excluding hydrogens is 234 g/mol. The van der Waals surface area contributed by atoms with Crippen LogP contribution in [-0.4, -0.2) is 33.3 Å². The normalized spacial score (nSPS) is 16.5. The summed E-state index contributed by atoms with van der Waals surface area (Å²) >= 11 is 1.62. The minimum Gasteiger partial charge on any atom is -0.368 e. The fourth-order valence-electron chi connectivity index (χ4n) is 1.86. The van der Waals surface area contributed by atoms with Gasteiger partial charge < -0.3 is 10.6 Å². The third-order valence-corrected chi connectivity index (χ3v) is 3.47. The van der Waals surface area contributed by atoms with Crippen LogP contribution in [0.1, 0.15) is 33.1 Å². The Morgan fingerprint density at radius 1 is 1.12 bits per heavy atom. The number of rotatable bonds is 3. The van der Waals surface area contributed by atoms with Crippen molar-refractivity contribution >= 4 is 23.7 Å². The monoisotopic (exact) mass is 253 g/mol. The zero-order chi connectivity index (χ0) is 12.3. The third kappa shape index (κ3) is 3.46. The zero-order valence-corrected chi connectivity index (χ0v) is 11.2. The SMILES string of the molecule is CC(C)Sc1nc(N)nc(N2CCCCC2)n1. The van der Waals surface area contributed by atoms with Crippen molar-refractivity contribution in [2.45, 2.75) is 43.5 Å². The highest BCUT2D eigenvalue weighted by atomic mass is 32.2. The van der Waals surface area contributed by atoms with E-state index >= 15 is 0 Å². The molecule has 0 bridgehead atoms. The van der Waals surface area contributed by atoms with E-state index in [4.69, 9.17) is 5.73 Å². The lowest BCUT2D eigenvalue weighted by Gasteiger charge is -2.26. The average molecular weight is 253 g/mol. The molecule has 1 aliphatic heterocycles. The molecule has 5 nitrogen and oxygen atoms in total. The van der Waals surface area contributed by atoms with Gasteiger partial charge in [-0.05, 0) is 19.3 Å². The molecule has 2 N–H and O–H groups in total. The van der Waals surface area contributed by atoms with E-state index in [0.29, 0.717) is 11.2 Å². The molecule has 0 unspecified atom stereocenters. The Hall–Kier alpha value is -1.04. The molecule has 1 fully saturated rings. The summed E-state index contributed by atoms with van der Waals surface area (Å²) in [7, 11) is 0. The lowest BCUT2D eigenvalue weighted by atomic mass is 10.1. The highest BCUT2D eigenvalue weighted by Gasteiger charge is 2.15. The van der Waals surface area contributed by atoms with Gasteiger partial charge in [-0.3, -0.25) is 0 Å². The van der Waals surface area contributed by atoms with Gasteiger partial charge in [0.15, 0.2) is 5.16 Å². The summed E-state index contributed by atoms with van der Waals surface area (Å²) in [5.41, 5.74) is 5.74. The Labute approximate surface area is 106 Å². The van der Waals surface area contributed by atoms with Crippen LogP contribution < -0.4 is 10.6 Å². The van der Waals surface area contributed by atoms with E-state index in [0.717, 1.165) is 24.2 Å². The molecule has 0 saturated carbocycles. The summed E-state index contributed by atoms with van der Waals surface area (Å²) < 4.78 is 0. The molecule has 1 aromatic heterocycles. The summed E-state index contributed by atoms with van der Waals surface area (Å²) in [4.78, 5) is 15.1. The first-order valence-corrected chi connectivity index (χ1v) is 6.96. The van der Waals surface area contributed by atoms with Gasteiger partial charge in [0.25, 0.3) is 0 Å². The van der Waals surface area contributed by atoms with E-state index < -0.39 is 0 Å². The molecule has 17 heavy (non-hydrogen) atoms. The fraction of sp³-hybridized carbons (Fsp3) is 0.727. The molecule has 0 spiro atoms. The zero-order valence-electron chi connectivity index (χ0n) is 10.4. The molecule has 1 aliphatic rings. The highest BCUT2D eigenvalue weighted by Crippen LogP contribution is 2.22. The van der Waals surface area contributed by atoms with Gasteiger partial charge in [-0.25, -0.2) is 0 Å². The first-order chi connectivity index (χ1) is 8.15. The highest BCUT2D eigenvalue weighted by molar-refractivity contribution is 7.99. The smallest absolute Gasteiger partial charge is 0.231 e. The summed E-state index contributed by atoms with van der Waals surface area (Å²) in [5.74, 6) is 1.06. The largest absolute Gasteiger partial charge is 0.368 e. The summed E-state index contributed by atoms with van der Waals surface area (Å²) in [6, 6.07) is 0. The van der Waals surface area contributed by atoms with E-state index in [1.54, 1.807) is 11.8 Å². The summed E-state index contributed by atoms with van der Waals surface area (Å²) in [6.45, 7) is 6.28. The van der Waals surface area contributed by atoms with Crippen molar-refractivity contribution in [2.75, 3.05) is 23.7 Å². The van der Waals surface area contributed by atoms with Crippen LogP contribution in [-0.2, 0) is 0 Å². The van der Waals surface area contributed by atoms with Crippen LogP contribution in [0, 0.1) is 0 Å². The quantitative estimate of drug-likeness (QED) is 0.830. The molecule has 2 heterocycles. The van der Waals surface area contributed by atoms with Gasteiger partial charge in [0.1, 0.15) is 0 Å². The fourth-order valence-corrected chi connectivity index (χ4v) is 2.56. The molecule has 0 amide bonds. The molecule has 6 heteroatoms. The van der Waals surface area contributed by atoms with E-state index in [2.05, 4.69) is 33.7 Å². The lowest BCUT2D eigenvalue weighted by molar-refractivity contribution is 0.565. The van der Waals surface area contributed by atoms with Crippen molar-refractivity contribution in [3.63, 3.8) is 0 Å². The van der Waals surface area contributed by atoms with Crippen molar-refractivity contribution in [3.8, 4) is 0 Å². The second kappa shape index (κ2) is 5.53. The molecule has 94 valence electrons. The number of aromatic nitrogens is 3. The number of hydrogen-bond acceptors (Lipinski definition) is 6. The van der Waals surface area contributed by atoms with Crippen LogP contribution in [0.15, 0.2) is 5.16 Å². The number of nitrogen functional groups attached to an aromatic ring is 1. The average Bonchev–Trinajstić information content (AvgIpc) is 2.28. The molecular formula is C11H19N5S. The van der Waals surface area contributed by atoms with Crippen LogP contribution >= 0.6 is 11.8 Å². The molecule has 2 rings (SSSR count). The Bertz CT molecular complexity index is 376. The van der Waals surface area contributed by atoms with Gasteiger partial charge in [-0.1, -0.05) is 25.6 Å². The lowest BCUT2D eigenvalue weighted by Crippen LogP contribution is -2.31. The number of piperidine rings is 1. The molecule has 0 radical (unpaired) electrons. The maximum atomic E-state index is 5.74. The van der Waals surface area contributed by atoms with Crippen LogP contribution in [0.4, 0.5) is 11.9 Å². The van der Waals surface area contributed by atoms with Gasteiger partial charge in [0, 0.05) is 18.3 Å². The molecule has 0 aliphatic carbocycles. The standard InChI is InChI=1S/C11H19N5S/c1-8(2)17-11-14-9(12)13-10(15-11)16-6-4-3-5-7-16/h8H,3-7H2,1-2H3,(H2,12,13,14,15). The molecule has 1 aromatic rings. The first-order valence-electron chi connectivity index (χ1n) is 6.08. The molecule has 0 atom stereocenters. The Kier molecular flexibility index (Phi) is 4.04. The van der Waals surface area contributed by atoms with Gasteiger partial charge in [0.2, 0.25) is 11.9 Å².